The van der Waals surface area contributed by atoms with Crippen molar-refractivity contribution < 1.29 is 27.9 Å². The minimum absolute atomic E-state index is 0.0209. The molecule has 0 aliphatic rings. The van der Waals surface area contributed by atoms with Crippen molar-refractivity contribution in [2.45, 2.75) is 6.92 Å². The normalized spacial score (nSPS) is 10.5. The van der Waals surface area contributed by atoms with Crippen molar-refractivity contribution in [3.8, 4) is 11.5 Å². The zero-order valence-corrected chi connectivity index (χ0v) is 18.9. The summed E-state index contributed by atoms with van der Waals surface area (Å²) >= 11 is 18.3. The van der Waals surface area contributed by atoms with Crippen LogP contribution in [0, 0.1) is 18.6 Å². The predicted octanol–water partition coefficient (Wildman–Crippen LogP) is 6.80. The smallest absolute Gasteiger partial charge is 0.326 e. The van der Waals surface area contributed by atoms with Gasteiger partial charge in [-0.2, -0.15) is 0 Å². The number of aldehydes is 1. The van der Waals surface area contributed by atoms with Crippen LogP contribution in [0.5, 0.6) is 11.5 Å². The van der Waals surface area contributed by atoms with Gasteiger partial charge in [-0.25, -0.2) is 13.6 Å². The molecular formula is C22H13Cl3F2N2O4. The topological polar surface area (TPSA) is 84.5 Å². The van der Waals surface area contributed by atoms with Gasteiger partial charge in [0.2, 0.25) is 0 Å². The molecule has 3 aromatic rings. The Kier molecular flexibility index (Phi) is 7.53. The predicted molar refractivity (Wildman–Crippen MR) is 121 cm³/mol. The lowest BCUT2D eigenvalue weighted by Gasteiger charge is -2.17. The lowest BCUT2D eigenvalue weighted by Crippen LogP contribution is -2.35. The Bertz CT molecular complexity index is 1260. The number of imide groups is 1. The lowest BCUT2D eigenvalue weighted by molar-refractivity contribution is 0.0958. The molecule has 3 rings (SSSR count). The van der Waals surface area contributed by atoms with E-state index >= 15 is 0 Å². The Morgan fingerprint density at radius 3 is 2.30 bits per heavy atom. The molecule has 0 spiro atoms. The molecule has 3 aromatic carbocycles. The van der Waals surface area contributed by atoms with E-state index in [0.717, 1.165) is 18.2 Å². The summed E-state index contributed by atoms with van der Waals surface area (Å²) in [6.45, 7) is 1.52. The molecule has 170 valence electrons. The average molecular weight is 514 g/mol. The van der Waals surface area contributed by atoms with Gasteiger partial charge >= 0.3 is 6.03 Å². The summed E-state index contributed by atoms with van der Waals surface area (Å²) in [5.41, 5.74) is -0.629. The summed E-state index contributed by atoms with van der Waals surface area (Å²) in [5, 5.41) is 4.66. The third-order valence-corrected chi connectivity index (χ3v) is 5.38. The molecular weight excluding hydrogens is 501 g/mol. The molecule has 0 radical (unpaired) electrons. The van der Waals surface area contributed by atoms with Gasteiger partial charge in [-0.3, -0.25) is 14.9 Å². The third-order valence-electron chi connectivity index (χ3n) is 4.39. The van der Waals surface area contributed by atoms with Gasteiger partial charge in [-0.1, -0.05) is 40.9 Å². The maximum atomic E-state index is 13.7. The number of halogens is 5. The van der Waals surface area contributed by atoms with Gasteiger partial charge in [0.05, 0.1) is 15.6 Å². The Morgan fingerprint density at radius 2 is 1.70 bits per heavy atom. The Balaban J connectivity index is 1.85. The molecule has 0 aliphatic heterocycles. The molecule has 0 atom stereocenters. The standard InChI is InChI=1S/C22H13Cl3F2N2O4/c1-10-16(28-22(32)29-21(31)18-14(26)3-2-4-15(18)27)7-11(9-30)20(19(10)25)33-17-6-5-12(23)8-13(17)24/h2-9H,1H3,(H2,28,29,31,32). The molecule has 6 nitrogen and oxygen atoms in total. The van der Waals surface area contributed by atoms with Gasteiger partial charge in [-0.15, -0.1) is 0 Å². The van der Waals surface area contributed by atoms with Crippen LogP contribution in [0.15, 0.2) is 42.5 Å². The van der Waals surface area contributed by atoms with Crippen LogP contribution in [-0.4, -0.2) is 18.2 Å². The summed E-state index contributed by atoms with van der Waals surface area (Å²) < 4.78 is 33.2. The number of urea groups is 1. The summed E-state index contributed by atoms with van der Waals surface area (Å²) in [6.07, 6.45) is 0.438. The Labute approximate surface area is 201 Å². The number of hydrogen-bond donors (Lipinski definition) is 2. The fourth-order valence-corrected chi connectivity index (χ4v) is 3.46. The van der Waals surface area contributed by atoms with Gasteiger partial charge < -0.3 is 10.1 Å². The van der Waals surface area contributed by atoms with Gasteiger partial charge in [0.15, 0.2) is 12.0 Å². The van der Waals surface area contributed by atoms with Crippen LogP contribution < -0.4 is 15.4 Å². The number of rotatable bonds is 5. The molecule has 11 heteroatoms. The highest BCUT2D eigenvalue weighted by Crippen LogP contribution is 2.40. The second-order valence-corrected chi connectivity index (χ2v) is 7.80. The minimum atomic E-state index is -1.29. The first kappa shape index (κ1) is 24.4. The summed E-state index contributed by atoms with van der Waals surface area (Å²) in [6, 6.07) is 7.43. The van der Waals surface area contributed by atoms with Crippen LogP contribution in [0.4, 0.5) is 19.3 Å². The Hall–Kier alpha value is -3.20. The minimum Gasteiger partial charge on any atom is -0.453 e. The van der Waals surface area contributed by atoms with E-state index in [1.165, 1.54) is 31.2 Å². The van der Waals surface area contributed by atoms with E-state index in [0.29, 0.717) is 11.3 Å². The van der Waals surface area contributed by atoms with Crippen LogP contribution in [0.25, 0.3) is 0 Å². The van der Waals surface area contributed by atoms with Crippen LogP contribution in [-0.2, 0) is 0 Å². The highest BCUT2D eigenvalue weighted by atomic mass is 35.5. The first-order valence-electron chi connectivity index (χ1n) is 9.10. The van der Waals surface area contributed by atoms with E-state index < -0.39 is 29.1 Å². The van der Waals surface area contributed by atoms with Crippen molar-refractivity contribution in [1.29, 1.82) is 0 Å². The van der Waals surface area contributed by atoms with Gasteiger partial charge in [0, 0.05) is 10.7 Å². The number of benzene rings is 3. The average Bonchev–Trinajstić information content (AvgIpc) is 2.74. The number of amides is 3. The molecule has 2 N–H and O–H groups in total. The monoisotopic (exact) mass is 512 g/mol. The van der Waals surface area contributed by atoms with Crippen molar-refractivity contribution in [3.63, 3.8) is 0 Å². The lowest BCUT2D eigenvalue weighted by atomic mass is 10.1. The molecule has 33 heavy (non-hydrogen) atoms. The molecule has 0 unspecified atom stereocenters. The van der Waals surface area contributed by atoms with E-state index in [-0.39, 0.29) is 38.4 Å². The SMILES string of the molecule is Cc1c(NC(=O)NC(=O)c2c(F)cccc2F)cc(C=O)c(Oc2ccc(Cl)cc2Cl)c1Cl. The number of ether oxygens (including phenoxy) is 1. The van der Waals surface area contributed by atoms with Crippen molar-refractivity contribution in [2.75, 3.05) is 5.32 Å². The Morgan fingerprint density at radius 1 is 1.03 bits per heavy atom. The first-order chi connectivity index (χ1) is 15.6. The van der Waals surface area contributed by atoms with Crippen molar-refractivity contribution in [1.82, 2.24) is 5.32 Å². The number of carbonyl (C=O) groups excluding carboxylic acids is 3. The van der Waals surface area contributed by atoms with E-state index in [1.807, 2.05) is 5.32 Å². The largest absolute Gasteiger partial charge is 0.453 e. The van der Waals surface area contributed by atoms with Crippen LogP contribution >= 0.6 is 34.8 Å². The third kappa shape index (κ3) is 5.42. The van der Waals surface area contributed by atoms with E-state index in [2.05, 4.69) is 5.32 Å². The quantitative estimate of drug-likeness (QED) is 0.368. The second kappa shape index (κ2) is 10.2. The molecule has 0 fully saturated rings. The molecule has 0 heterocycles. The van der Waals surface area contributed by atoms with E-state index in [1.54, 1.807) is 0 Å². The second-order valence-electron chi connectivity index (χ2n) is 6.58. The van der Waals surface area contributed by atoms with Gasteiger partial charge in [0.1, 0.15) is 22.9 Å². The molecule has 0 aromatic heterocycles. The number of carbonyl (C=O) groups is 3. The maximum Gasteiger partial charge on any atom is 0.326 e. The van der Waals surface area contributed by atoms with Crippen LogP contribution in [0.3, 0.4) is 0 Å². The van der Waals surface area contributed by atoms with E-state index in [4.69, 9.17) is 39.5 Å². The molecule has 0 bridgehead atoms. The van der Waals surface area contributed by atoms with Gasteiger partial charge in [-0.05, 0) is 48.9 Å². The zero-order chi connectivity index (χ0) is 24.3. The van der Waals surface area contributed by atoms with Crippen LogP contribution in [0.1, 0.15) is 26.3 Å². The summed E-state index contributed by atoms with van der Waals surface area (Å²) in [7, 11) is 0. The van der Waals surface area contributed by atoms with Gasteiger partial charge in [0.25, 0.3) is 5.91 Å². The summed E-state index contributed by atoms with van der Waals surface area (Å²) in [5.74, 6) is -3.40. The maximum absolute atomic E-state index is 13.7. The summed E-state index contributed by atoms with van der Waals surface area (Å²) in [4.78, 5) is 36.0. The highest BCUT2D eigenvalue weighted by molar-refractivity contribution is 6.36. The molecule has 0 saturated heterocycles. The fraction of sp³-hybridized carbons (Fsp3) is 0.0455. The molecule has 0 aliphatic carbocycles. The molecule has 0 saturated carbocycles. The first-order valence-corrected chi connectivity index (χ1v) is 10.2. The van der Waals surface area contributed by atoms with Crippen molar-refractivity contribution in [2.24, 2.45) is 0 Å². The zero-order valence-electron chi connectivity index (χ0n) is 16.6. The van der Waals surface area contributed by atoms with Crippen molar-refractivity contribution >= 4 is 58.7 Å². The highest BCUT2D eigenvalue weighted by Gasteiger charge is 2.22. The fourth-order valence-electron chi connectivity index (χ4n) is 2.77. The number of anilines is 1. The van der Waals surface area contributed by atoms with Crippen LogP contribution in [0.2, 0.25) is 15.1 Å². The molecule has 3 amide bonds. The van der Waals surface area contributed by atoms with E-state index in [9.17, 15) is 23.2 Å². The number of nitrogens with one attached hydrogen (secondary N) is 2. The number of hydrogen-bond acceptors (Lipinski definition) is 4. The van der Waals surface area contributed by atoms with Crippen molar-refractivity contribution in [3.05, 3.63) is 85.9 Å².